The van der Waals surface area contributed by atoms with Crippen molar-refractivity contribution in [3.05, 3.63) is 64.4 Å². The zero-order chi connectivity index (χ0) is 19.6. The topological polar surface area (TPSA) is 82.2 Å². The van der Waals surface area contributed by atoms with Crippen LogP contribution in [-0.2, 0) is 0 Å². The average molecular weight is 405 g/mol. The van der Waals surface area contributed by atoms with E-state index in [1.807, 2.05) is 38.1 Å². The third-order valence-electron chi connectivity index (χ3n) is 3.62. The highest BCUT2D eigenvalue weighted by Crippen LogP contribution is 2.30. The van der Waals surface area contributed by atoms with E-state index in [4.69, 9.17) is 33.7 Å². The molecule has 0 aliphatic carbocycles. The Morgan fingerprint density at radius 1 is 1.15 bits per heavy atom. The molecule has 3 aromatic rings. The van der Waals surface area contributed by atoms with Crippen molar-refractivity contribution in [2.75, 3.05) is 5.32 Å². The lowest BCUT2D eigenvalue weighted by Gasteiger charge is -2.10. The Kier molecular flexibility index (Phi) is 5.58. The molecule has 3 N–H and O–H groups in total. The van der Waals surface area contributed by atoms with Crippen LogP contribution in [0.25, 0.3) is 5.69 Å². The molecule has 0 radical (unpaired) electrons. The van der Waals surface area contributed by atoms with Gasteiger partial charge in [-0.25, -0.2) is 4.68 Å². The van der Waals surface area contributed by atoms with E-state index < -0.39 is 5.91 Å². The zero-order valence-electron chi connectivity index (χ0n) is 14.7. The molecule has 1 heterocycles. The summed E-state index contributed by atoms with van der Waals surface area (Å²) in [4.78, 5) is 11.8. The molecule has 0 spiro atoms. The number of nitrogens with two attached hydrogens (primary N) is 1. The van der Waals surface area contributed by atoms with Crippen molar-refractivity contribution in [3.63, 3.8) is 0 Å². The number of primary amides is 1. The molecule has 27 heavy (non-hydrogen) atoms. The first-order chi connectivity index (χ1) is 12.8. The minimum atomic E-state index is -0.667. The van der Waals surface area contributed by atoms with Crippen molar-refractivity contribution in [1.29, 1.82) is 0 Å². The Balaban J connectivity index is 1.94. The summed E-state index contributed by atoms with van der Waals surface area (Å²) in [5.74, 6) is 0.0865. The van der Waals surface area contributed by atoms with E-state index in [1.54, 1.807) is 24.4 Å². The van der Waals surface area contributed by atoms with Crippen LogP contribution < -0.4 is 15.8 Å². The molecule has 0 saturated heterocycles. The second-order valence-electron chi connectivity index (χ2n) is 6.09. The summed E-state index contributed by atoms with van der Waals surface area (Å²) in [5, 5.41) is 8.19. The Bertz CT molecular complexity index is 948. The second-order valence-corrected chi connectivity index (χ2v) is 6.90. The highest BCUT2D eigenvalue weighted by molar-refractivity contribution is 6.37. The summed E-state index contributed by atoms with van der Waals surface area (Å²) in [7, 11) is 0. The molecule has 0 saturated carbocycles. The lowest BCUT2D eigenvalue weighted by molar-refractivity contribution is 0.0996. The molecule has 0 fully saturated rings. The van der Waals surface area contributed by atoms with Crippen molar-refractivity contribution < 1.29 is 9.53 Å². The van der Waals surface area contributed by atoms with Crippen molar-refractivity contribution in [2.45, 2.75) is 20.0 Å². The first-order valence-corrected chi connectivity index (χ1v) is 8.98. The van der Waals surface area contributed by atoms with Crippen LogP contribution >= 0.6 is 23.2 Å². The molecule has 3 rings (SSSR count). The quantitative estimate of drug-likeness (QED) is 0.617. The molecule has 0 aliphatic rings. The molecule has 1 amide bonds. The Hall–Kier alpha value is -2.70. The number of nitrogens with zero attached hydrogens (tertiary/aromatic N) is 2. The number of amides is 1. The summed E-state index contributed by atoms with van der Waals surface area (Å²) >= 11 is 12.5. The number of rotatable bonds is 6. The van der Waals surface area contributed by atoms with Crippen LogP contribution in [0.2, 0.25) is 10.0 Å². The van der Waals surface area contributed by atoms with Crippen molar-refractivity contribution in [2.24, 2.45) is 5.73 Å². The van der Waals surface area contributed by atoms with Crippen molar-refractivity contribution >= 4 is 40.5 Å². The first kappa shape index (κ1) is 19.1. The van der Waals surface area contributed by atoms with Gasteiger partial charge in [-0.15, -0.1) is 0 Å². The highest BCUT2D eigenvalue weighted by atomic mass is 35.5. The van der Waals surface area contributed by atoms with E-state index in [0.29, 0.717) is 21.4 Å². The standard InChI is InChI=1S/C19H18Cl2N4O2/c1-11(2)27-13-8-6-12(7-9-13)23-16-10-25(24-17(16)19(22)26)18-14(20)4-3-5-15(18)21/h3-11,23H,1-2H3,(H2,22,26). The molecule has 140 valence electrons. The monoisotopic (exact) mass is 404 g/mol. The number of aromatic nitrogens is 2. The summed E-state index contributed by atoms with van der Waals surface area (Å²) in [5.41, 5.74) is 7.21. The van der Waals surface area contributed by atoms with E-state index in [-0.39, 0.29) is 11.8 Å². The number of hydrogen-bond donors (Lipinski definition) is 2. The van der Waals surface area contributed by atoms with E-state index >= 15 is 0 Å². The molecule has 0 atom stereocenters. The molecule has 0 bridgehead atoms. The van der Waals surface area contributed by atoms with Gasteiger partial charge in [0.05, 0.1) is 28.0 Å². The fourth-order valence-corrected chi connectivity index (χ4v) is 3.08. The number of para-hydroxylation sites is 1. The van der Waals surface area contributed by atoms with E-state index in [9.17, 15) is 4.79 Å². The fraction of sp³-hybridized carbons (Fsp3) is 0.158. The van der Waals surface area contributed by atoms with Crippen LogP contribution in [0.3, 0.4) is 0 Å². The zero-order valence-corrected chi connectivity index (χ0v) is 16.3. The maximum atomic E-state index is 11.8. The smallest absolute Gasteiger partial charge is 0.271 e. The minimum Gasteiger partial charge on any atom is -0.491 e. The Morgan fingerprint density at radius 2 is 1.78 bits per heavy atom. The van der Waals surface area contributed by atoms with Crippen LogP contribution in [0.1, 0.15) is 24.3 Å². The molecule has 2 aromatic carbocycles. The third-order valence-corrected chi connectivity index (χ3v) is 4.23. The van der Waals surface area contributed by atoms with Gasteiger partial charge in [-0.2, -0.15) is 5.10 Å². The number of nitrogens with one attached hydrogen (secondary N) is 1. The van der Waals surface area contributed by atoms with Crippen LogP contribution in [-0.4, -0.2) is 21.8 Å². The fourth-order valence-electron chi connectivity index (χ4n) is 2.51. The predicted octanol–water partition coefficient (Wildman–Crippen LogP) is 4.81. The number of carbonyl (C=O) groups is 1. The summed E-state index contributed by atoms with van der Waals surface area (Å²) in [6.45, 7) is 3.92. The van der Waals surface area contributed by atoms with Crippen molar-refractivity contribution in [1.82, 2.24) is 9.78 Å². The molecule has 6 nitrogen and oxygen atoms in total. The van der Waals surface area contributed by atoms with Gasteiger partial charge in [0, 0.05) is 5.69 Å². The van der Waals surface area contributed by atoms with Gasteiger partial charge < -0.3 is 15.8 Å². The third kappa shape index (κ3) is 4.35. The SMILES string of the molecule is CC(C)Oc1ccc(Nc2cn(-c3c(Cl)cccc3Cl)nc2C(N)=O)cc1. The van der Waals surface area contributed by atoms with Gasteiger partial charge in [-0.1, -0.05) is 29.3 Å². The molecule has 0 unspecified atom stereocenters. The second kappa shape index (κ2) is 7.90. The van der Waals surface area contributed by atoms with Gasteiger partial charge in [0.1, 0.15) is 11.4 Å². The number of hydrogen-bond acceptors (Lipinski definition) is 4. The first-order valence-electron chi connectivity index (χ1n) is 8.22. The highest BCUT2D eigenvalue weighted by Gasteiger charge is 2.18. The number of benzene rings is 2. The molecule has 1 aromatic heterocycles. The number of anilines is 2. The van der Waals surface area contributed by atoms with Gasteiger partial charge >= 0.3 is 0 Å². The molecule has 0 aliphatic heterocycles. The van der Waals surface area contributed by atoms with Crippen LogP contribution in [0.5, 0.6) is 5.75 Å². The molecular formula is C19H18Cl2N4O2. The van der Waals surface area contributed by atoms with Gasteiger partial charge in [0.15, 0.2) is 5.69 Å². The number of carbonyl (C=O) groups excluding carboxylic acids is 1. The lowest BCUT2D eigenvalue weighted by Crippen LogP contribution is -2.14. The summed E-state index contributed by atoms with van der Waals surface area (Å²) in [6.07, 6.45) is 1.70. The largest absolute Gasteiger partial charge is 0.491 e. The summed E-state index contributed by atoms with van der Waals surface area (Å²) < 4.78 is 7.06. The Labute approximate surface area is 166 Å². The van der Waals surface area contributed by atoms with Gasteiger partial charge in [-0.3, -0.25) is 4.79 Å². The van der Waals surface area contributed by atoms with E-state index in [1.165, 1.54) is 4.68 Å². The average Bonchev–Trinajstić information content (AvgIpc) is 3.00. The normalized spacial score (nSPS) is 10.9. The summed E-state index contributed by atoms with van der Waals surface area (Å²) in [6, 6.07) is 12.4. The number of ether oxygens (including phenoxy) is 1. The maximum Gasteiger partial charge on any atom is 0.271 e. The predicted molar refractivity (Wildman–Crippen MR) is 108 cm³/mol. The van der Waals surface area contributed by atoms with Gasteiger partial charge in [-0.05, 0) is 50.2 Å². The van der Waals surface area contributed by atoms with E-state index in [0.717, 1.165) is 11.4 Å². The lowest BCUT2D eigenvalue weighted by atomic mass is 10.2. The van der Waals surface area contributed by atoms with E-state index in [2.05, 4.69) is 10.4 Å². The van der Waals surface area contributed by atoms with Gasteiger partial charge in [0.25, 0.3) is 5.91 Å². The number of halogens is 2. The van der Waals surface area contributed by atoms with Gasteiger partial charge in [0.2, 0.25) is 0 Å². The molecule has 8 heteroatoms. The van der Waals surface area contributed by atoms with Crippen LogP contribution in [0.4, 0.5) is 11.4 Å². The minimum absolute atomic E-state index is 0.0773. The molecular weight excluding hydrogens is 387 g/mol. The van der Waals surface area contributed by atoms with Crippen LogP contribution in [0.15, 0.2) is 48.7 Å². The van der Waals surface area contributed by atoms with Crippen molar-refractivity contribution in [3.8, 4) is 11.4 Å². The maximum absolute atomic E-state index is 11.8. The van der Waals surface area contributed by atoms with Crippen LogP contribution in [0, 0.1) is 0 Å². The Morgan fingerprint density at radius 3 is 2.33 bits per heavy atom.